The van der Waals surface area contributed by atoms with E-state index in [1.165, 1.54) is 43.4 Å². The van der Waals surface area contributed by atoms with Crippen molar-refractivity contribution in [2.24, 2.45) is 0 Å². The fraction of sp³-hybridized carbons (Fsp3) is 0.269. The number of carbonyl (C=O) groups excluding carboxylic acids is 1. The van der Waals surface area contributed by atoms with Gasteiger partial charge in [-0.05, 0) is 59.5 Å². The lowest BCUT2D eigenvalue weighted by molar-refractivity contribution is -0.138. The number of carbonyl (C=O) groups is 1. The molecular weight excluding hydrogens is 488 g/mol. The van der Waals surface area contributed by atoms with Crippen molar-refractivity contribution in [2.45, 2.75) is 24.8 Å². The number of fused-ring (bicyclic) bond motifs is 1. The number of rotatable bonds is 4. The minimum Gasteiger partial charge on any atom is -0.493 e. The lowest BCUT2D eigenvalue weighted by Gasteiger charge is -2.38. The molecule has 1 heterocycles. The lowest BCUT2D eigenvalue weighted by Crippen LogP contribution is -2.41. The topological polar surface area (TPSA) is 38.8 Å². The molecule has 36 heavy (non-hydrogen) atoms. The number of halogens is 6. The highest BCUT2D eigenvalue weighted by molar-refractivity contribution is 5.96. The predicted octanol–water partition coefficient (Wildman–Crippen LogP) is 6.53. The Morgan fingerprint density at radius 2 is 1.53 bits per heavy atom. The molecule has 0 spiro atoms. The van der Waals surface area contributed by atoms with Crippen LogP contribution in [0.4, 0.5) is 26.3 Å². The number of nitrogens with zero attached hydrogens (tertiary/aromatic N) is 1. The summed E-state index contributed by atoms with van der Waals surface area (Å²) in [7, 11) is 2.82. The second-order valence-corrected chi connectivity index (χ2v) is 8.22. The summed E-state index contributed by atoms with van der Waals surface area (Å²) in [6.45, 7) is -0.0194. The zero-order valence-electron chi connectivity index (χ0n) is 19.2. The van der Waals surface area contributed by atoms with Gasteiger partial charge in [-0.1, -0.05) is 24.3 Å². The Labute approximate surface area is 203 Å². The van der Waals surface area contributed by atoms with Crippen LogP contribution in [0, 0.1) is 0 Å². The van der Waals surface area contributed by atoms with E-state index in [-0.39, 0.29) is 24.3 Å². The fourth-order valence-electron chi connectivity index (χ4n) is 4.48. The van der Waals surface area contributed by atoms with Crippen molar-refractivity contribution in [2.75, 3.05) is 20.8 Å². The largest absolute Gasteiger partial charge is 0.493 e. The molecule has 1 aliphatic heterocycles. The number of benzene rings is 3. The number of ether oxygens (including phenoxy) is 2. The molecule has 0 unspecified atom stereocenters. The first-order chi connectivity index (χ1) is 17.0. The molecule has 3 aromatic carbocycles. The maximum absolute atomic E-state index is 13.7. The highest BCUT2D eigenvalue weighted by Crippen LogP contribution is 2.43. The molecule has 0 fully saturated rings. The molecule has 0 radical (unpaired) electrons. The first-order valence-electron chi connectivity index (χ1n) is 10.8. The number of methoxy groups -OCH3 is 2. The summed E-state index contributed by atoms with van der Waals surface area (Å²) >= 11 is 0. The van der Waals surface area contributed by atoms with Crippen LogP contribution in [0.1, 0.15) is 44.2 Å². The second-order valence-electron chi connectivity index (χ2n) is 8.22. The van der Waals surface area contributed by atoms with Crippen molar-refractivity contribution in [1.29, 1.82) is 0 Å². The van der Waals surface area contributed by atoms with E-state index in [0.717, 1.165) is 24.3 Å². The van der Waals surface area contributed by atoms with Gasteiger partial charge in [0, 0.05) is 6.54 Å². The van der Waals surface area contributed by atoms with Gasteiger partial charge < -0.3 is 14.4 Å². The molecule has 0 aliphatic carbocycles. The van der Waals surface area contributed by atoms with Crippen LogP contribution >= 0.6 is 0 Å². The van der Waals surface area contributed by atoms with Crippen molar-refractivity contribution < 1.29 is 40.6 Å². The summed E-state index contributed by atoms with van der Waals surface area (Å²) in [6.07, 6.45) is -9.18. The molecule has 0 aromatic heterocycles. The van der Waals surface area contributed by atoms with Gasteiger partial charge in [0.25, 0.3) is 5.91 Å². The minimum absolute atomic E-state index is 0.0194. The molecule has 0 bridgehead atoms. The molecule has 0 N–H and O–H groups in total. The van der Waals surface area contributed by atoms with Gasteiger partial charge in [0.1, 0.15) is 0 Å². The summed E-state index contributed by atoms with van der Waals surface area (Å²) in [4.78, 5) is 14.7. The van der Waals surface area contributed by atoms with Gasteiger partial charge in [-0.15, -0.1) is 0 Å². The summed E-state index contributed by atoms with van der Waals surface area (Å²) in [5.74, 6) is -0.273. The van der Waals surface area contributed by atoms with Crippen LogP contribution in [0.25, 0.3) is 0 Å². The van der Waals surface area contributed by atoms with Gasteiger partial charge in [-0.25, -0.2) is 0 Å². The zero-order chi connectivity index (χ0) is 26.3. The summed E-state index contributed by atoms with van der Waals surface area (Å²) in [5.41, 5.74) is -1.40. The van der Waals surface area contributed by atoms with Crippen LogP contribution in [0.5, 0.6) is 11.5 Å². The molecule has 1 amide bonds. The molecule has 4 rings (SSSR count). The summed E-state index contributed by atoms with van der Waals surface area (Å²) in [5, 5.41) is 0. The van der Waals surface area contributed by atoms with Gasteiger partial charge in [-0.3, -0.25) is 4.79 Å². The van der Waals surface area contributed by atoms with Crippen molar-refractivity contribution >= 4 is 5.91 Å². The third-order valence-electron chi connectivity index (χ3n) is 6.13. The number of hydrogen-bond acceptors (Lipinski definition) is 3. The number of hydrogen-bond donors (Lipinski definition) is 0. The van der Waals surface area contributed by atoms with Crippen molar-refractivity contribution in [1.82, 2.24) is 4.90 Å². The quantitative estimate of drug-likeness (QED) is 0.376. The molecule has 1 aliphatic rings. The molecule has 190 valence electrons. The maximum Gasteiger partial charge on any atom is 0.417 e. The molecular formula is C26H21F6NO3. The van der Waals surface area contributed by atoms with Gasteiger partial charge in [0.15, 0.2) is 11.5 Å². The van der Waals surface area contributed by atoms with E-state index in [9.17, 15) is 31.1 Å². The van der Waals surface area contributed by atoms with Crippen LogP contribution < -0.4 is 9.47 Å². The molecule has 0 saturated heterocycles. The third kappa shape index (κ3) is 4.72. The molecule has 4 nitrogen and oxygen atoms in total. The maximum atomic E-state index is 13.7. The summed E-state index contributed by atoms with van der Waals surface area (Å²) in [6, 6.07) is 10.9. The van der Waals surface area contributed by atoms with E-state index in [2.05, 4.69) is 0 Å². The summed E-state index contributed by atoms with van der Waals surface area (Å²) < 4.78 is 92.2. The molecule has 10 heteroatoms. The highest BCUT2D eigenvalue weighted by atomic mass is 19.4. The van der Waals surface area contributed by atoms with Gasteiger partial charge in [0.05, 0.1) is 37.0 Å². The van der Waals surface area contributed by atoms with E-state index in [1.807, 2.05) is 0 Å². The van der Waals surface area contributed by atoms with E-state index < -0.39 is 41.0 Å². The lowest BCUT2D eigenvalue weighted by atomic mass is 9.86. The first-order valence-corrected chi connectivity index (χ1v) is 10.8. The van der Waals surface area contributed by atoms with Crippen molar-refractivity contribution in [3.05, 3.63) is 94.0 Å². The molecule has 3 aromatic rings. The van der Waals surface area contributed by atoms with Crippen LogP contribution in [0.2, 0.25) is 0 Å². The van der Waals surface area contributed by atoms with Crippen molar-refractivity contribution in [3.63, 3.8) is 0 Å². The number of alkyl halides is 6. The SMILES string of the molecule is COc1cc2c(cc1OC)[C@H](c1cccc(C(F)(F)F)c1)N(C(=O)c1ccccc1C(F)(F)F)CC2. The Morgan fingerprint density at radius 3 is 2.17 bits per heavy atom. The Morgan fingerprint density at radius 1 is 0.861 bits per heavy atom. The Kier molecular flexibility index (Phi) is 6.64. The monoisotopic (exact) mass is 509 g/mol. The normalized spacial score (nSPS) is 15.9. The zero-order valence-corrected chi connectivity index (χ0v) is 19.2. The number of amides is 1. The smallest absolute Gasteiger partial charge is 0.417 e. The van der Waals surface area contributed by atoms with Crippen LogP contribution in [0.15, 0.2) is 60.7 Å². The Bertz CT molecular complexity index is 1290. The van der Waals surface area contributed by atoms with Crippen molar-refractivity contribution in [3.8, 4) is 11.5 Å². The highest BCUT2D eigenvalue weighted by Gasteiger charge is 2.40. The van der Waals surface area contributed by atoms with Gasteiger partial charge in [0.2, 0.25) is 0 Å². The first kappa shape index (κ1) is 25.4. The van der Waals surface area contributed by atoms with E-state index in [0.29, 0.717) is 16.9 Å². The van der Waals surface area contributed by atoms with Gasteiger partial charge >= 0.3 is 12.4 Å². The van der Waals surface area contributed by atoms with Crippen LogP contribution in [-0.2, 0) is 18.8 Å². The van der Waals surface area contributed by atoms with E-state index in [4.69, 9.17) is 9.47 Å². The third-order valence-corrected chi connectivity index (χ3v) is 6.13. The van der Waals surface area contributed by atoms with Gasteiger partial charge in [-0.2, -0.15) is 26.3 Å². The standard InChI is InChI=1S/C26H21F6NO3/c1-35-21-13-15-10-11-33(24(34)18-8-3-4-9-20(18)26(30,31)32)23(19(15)14-22(21)36-2)16-6-5-7-17(12-16)25(27,28)29/h3-9,12-14,23H,10-11H2,1-2H3/t23-/m0/s1. The minimum atomic E-state index is -4.79. The Balaban J connectivity index is 1.91. The van der Waals surface area contributed by atoms with Crippen LogP contribution in [0.3, 0.4) is 0 Å². The molecule has 0 saturated carbocycles. The average molecular weight is 509 g/mol. The fourth-order valence-corrected chi connectivity index (χ4v) is 4.48. The van der Waals surface area contributed by atoms with E-state index in [1.54, 1.807) is 12.1 Å². The van der Waals surface area contributed by atoms with E-state index >= 15 is 0 Å². The predicted molar refractivity (Wildman–Crippen MR) is 119 cm³/mol. The van der Waals surface area contributed by atoms with Crippen LogP contribution in [-0.4, -0.2) is 31.6 Å². The second kappa shape index (κ2) is 9.40. The molecule has 1 atom stereocenters. The Hall–Kier alpha value is -3.69. The average Bonchev–Trinajstić information content (AvgIpc) is 2.85.